The lowest BCUT2D eigenvalue weighted by Gasteiger charge is -2.33. The van der Waals surface area contributed by atoms with Gasteiger partial charge in [0.05, 0.1) is 28.6 Å². The molecule has 0 saturated carbocycles. The molecule has 226 valence electrons. The zero-order valence-electron chi connectivity index (χ0n) is 24.8. The minimum atomic E-state index is -1.07. The summed E-state index contributed by atoms with van der Waals surface area (Å²) in [5.74, 6) is -2.67. The number of nitrogens with zero attached hydrogens (tertiary/aromatic N) is 6. The molecule has 6 rings (SSSR count). The number of fused-ring (bicyclic) bond motifs is 2. The third kappa shape index (κ3) is 4.61. The molecule has 1 N–H and O–H groups in total. The average Bonchev–Trinajstić information content (AvgIpc) is 3.47. The fourth-order valence-corrected chi connectivity index (χ4v) is 6.19. The summed E-state index contributed by atoms with van der Waals surface area (Å²) in [6.07, 6.45) is 3.74. The second kappa shape index (κ2) is 10.9. The molecule has 0 aliphatic carbocycles. The lowest BCUT2D eigenvalue weighted by Crippen LogP contribution is -2.46. The predicted molar refractivity (Wildman–Crippen MR) is 163 cm³/mol. The maximum atomic E-state index is 16.3. The lowest BCUT2D eigenvalue weighted by atomic mass is 10.00. The molecule has 4 aromatic heterocycles. The Morgan fingerprint density at radius 2 is 1.82 bits per heavy atom. The van der Waals surface area contributed by atoms with E-state index in [4.69, 9.17) is 4.98 Å². The summed E-state index contributed by atoms with van der Waals surface area (Å²) in [5.41, 5.74) is 2.19. The first-order chi connectivity index (χ1) is 21.0. The van der Waals surface area contributed by atoms with Crippen molar-refractivity contribution in [2.45, 2.75) is 52.5 Å². The van der Waals surface area contributed by atoms with Crippen molar-refractivity contribution in [3.63, 3.8) is 0 Å². The topological polar surface area (TPSA) is 119 Å². The van der Waals surface area contributed by atoms with Gasteiger partial charge in [-0.05, 0) is 55.9 Å². The molecule has 1 aliphatic heterocycles. The van der Waals surface area contributed by atoms with Crippen LogP contribution in [0.3, 0.4) is 0 Å². The largest absolute Gasteiger partial charge is 0.337 e. The average molecular weight is 600 g/mol. The number of nitrogens with one attached hydrogen (secondary N) is 1. The second-order valence-electron chi connectivity index (χ2n) is 11.5. The quantitative estimate of drug-likeness (QED) is 0.224. The minimum Gasteiger partial charge on any atom is -0.337 e. The molecular weight excluding hydrogens is 568 g/mol. The molecular formula is C32H31F2N7O3. The zero-order valence-corrected chi connectivity index (χ0v) is 24.8. The highest BCUT2D eigenvalue weighted by Crippen LogP contribution is 2.35. The summed E-state index contributed by atoms with van der Waals surface area (Å²) < 4.78 is 32.3. The Morgan fingerprint density at radius 1 is 1.09 bits per heavy atom. The number of carbonyl (C=O) groups is 1. The molecule has 0 unspecified atom stereocenters. The van der Waals surface area contributed by atoms with E-state index >= 15 is 4.39 Å². The van der Waals surface area contributed by atoms with Gasteiger partial charge in [0.25, 0.3) is 5.91 Å². The number of aromatic amines is 1. The molecule has 1 fully saturated rings. The van der Waals surface area contributed by atoms with Crippen molar-refractivity contribution >= 4 is 28.0 Å². The Hall–Kier alpha value is -5.00. The number of piperidine rings is 1. The number of aryl methyl sites for hydroxylation is 2. The number of aromatic nitrogens is 6. The number of halogens is 2. The molecule has 10 nitrogen and oxygen atoms in total. The summed E-state index contributed by atoms with van der Waals surface area (Å²) in [6.45, 7) is 10.9. The highest BCUT2D eigenvalue weighted by atomic mass is 19.1. The first-order valence-corrected chi connectivity index (χ1v) is 14.4. The number of hydrogen-bond donors (Lipinski definition) is 1. The Bertz CT molecular complexity index is 2100. The van der Waals surface area contributed by atoms with Crippen LogP contribution in [0.25, 0.3) is 39.0 Å². The summed E-state index contributed by atoms with van der Waals surface area (Å²) in [4.78, 5) is 50.9. The maximum Gasteiger partial charge on any atom is 0.322 e. The van der Waals surface area contributed by atoms with Crippen molar-refractivity contribution in [1.29, 1.82) is 0 Å². The van der Waals surface area contributed by atoms with Crippen LogP contribution in [0.4, 0.5) is 8.78 Å². The predicted octanol–water partition coefficient (Wildman–Crippen LogP) is 5.01. The van der Waals surface area contributed by atoms with Gasteiger partial charge in [-0.3, -0.25) is 33.6 Å². The van der Waals surface area contributed by atoms with Gasteiger partial charge in [-0.25, -0.2) is 13.8 Å². The Balaban J connectivity index is 1.67. The van der Waals surface area contributed by atoms with E-state index in [1.165, 1.54) is 20.1 Å². The highest BCUT2D eigenvalue weighted by molar-refractivity contribution is 5.96. The number of rotatable bonds is 5. The third-order valence-corrected chi connectivity index (χ3v) is 8.36. The van der Waals surface area contributed by atoms with E-state index in [2.05, 4.69) is 21.8 Å². The molecule has 5 heterocycles. The molecule has 0 atom stereocenters. The van der Waals surface area contributed by atoms with Crippen molar-refractivity contribution in [3.8, 4) is 16.9 Å². The van der Waals surface area contributed by atoms with E-state index in [9.17, 15) is 18.8 Å². The van der Waals surface area contributed by atoms with Gasteiger partial charge in [-0.15, -0.1) is 0 Å². The molecule has 1 aromatic carbocycles. The summed E-state index contributed by atoms with van der Waals surface area (Å²) in [7, 11) is 0. The molecule has 0 bridgehead atoms. The minimum absolute atomic E-state index is 0.00913. The first-order valence-electron chi connectivity index (χ1n) is 14.4. The standard InChI is InChI=1S/C32H31F2N7O3/c1-16(2)26-28(18(4)8-11-35-26)41-29-24(14-22(34)27(37-29)25-17(3)6-7-23-21(25)15-36-38-23)40(31(43)32(41)44)20-9-12-39(13-10-20)30(42)19(5)33/h6-8,11,14-16,20H,5,9-10,12-13H2,1-4H3,(H,36,38). The smallest absolute Gasteiger partial charge is 0.322 e. The number of likely N-dealkylation sites (tertiary alicyclic amines) is 1. The van der Waals surface area contributed by atoms with Gasteiger partial charge in [-0.1, -0.05) is 26.5 Å². The molecule has 5 aromatic rings. The van der Waals surface area contributed by atoms with Crippen LogP contribution in [-0.4, -0.2) is 53.2 Å². The molecule has 12 heteroatoms. The molecule has 1 saturated heterocycles. The van der Waals surface area contributed by atoms with Gasteiger partial charge in [0.2, 0.25) is 0 Å². The van der Waals surface area contributed by atoms with Gasteiger partial charge in [0.1, 0.15) is 5.69 Å². The fourth-order valence-electron chi connectivity index (χ4n) is 6.19. The van der Waals surface area contributed by atoms with E-state index in [1.807, 2.05) is 39.8 Å². The van der Waals surface area contributed by atoms with E-state index in [-0.39, 0.29) is 48.7 Å². The van der Waals surface area contributed by atoms with E-state index in [0.717, 1.165) is 5.56 Å². The first kappa shape index (κ1) is 29.1. The molecule has 1 amide bonds. The van der Waals surface area contributed by atoms with Gasteiger partial charge >= 0.3 is 11.1 Å². The van der Waals surface area contributed by atoms with Crippen molar-refractivity contribution in [3.05, 3.63) is 92.4 Å². The number of amides is 1. The van der Waals surface area contributed by atoms with Crippen LogP contribution in [0.5, 0.6) is 0 Å². The van der Waals surface area contributed by atoms with Gasteiger partial charge in [0, 0.05) is 42.3 Å². The van der Waals surface area contributed by atoms with Crippen LogP contribution in [0, 0.1) is 19.7 Å². The second-order valence-corrected chi connectivity index (χ2v) is 11.5. The molecule has 0 spiro atoms. The van der Waals surface area contributed by atoms with Crippen molar-refractivity contribution in [2.24, 2.45) is 0 Å². The molecule has 0 radical (unpaired) electrons. The Labute approximate surface area is 250 Å². The highest BCUT2D eigenvalue weighted by Gasteiger charge is 2.30. The van der Waals surface area contributed by atoms with Gasteiger partial charge in [0.15, 0.2) is 17.3 Å². The summed E-state index contributed by atoms with van der Waals surface area (Å²) >= 11 is 0. The van der Waals surface area contributed by atoms with Crippen LogP contribution in [0.1, 0.15) is 55.5 Å². The maximum absolute atomic E-state index is 16.3. The fraction of sp³-hybridized carbons (Fsp3) is 0.312. The van der Waals surface area contributed by atoms with Gasteiger partial charge in [-0.2, -0.15) is 5.10 Å². The number of benzene rings is 1. The van der Waals surface area contributed by atoms with Gasteiger partial charge < -0.3 is 4.90 Å². The molecule has 1 aliphatic rings. The normalized spacial score (nSPS) is 14.2. The van der Waals surface area contributed by atoms with Crippen molar-refractivity contribution < 1.29 is 13.6 Å². The van der Waals surface area contributed by atoms with Crippen LogP contribution in [-0.2, 0) is 4.79 Å². The Morgan fingerprint density at radius 3 is 2.50 bits per heavy atom. The third-order valence-electron chi connectivity index (χ3n) is 8.36. The van der Waals surface area contributed by atoms with E-state index in [0.29, 0.717) is 33.4 Å². The Kier molecular flexibility index (Phi) is 7.22. The monoisotopic (exact) mass is 599 g/mol. The van der Waals surface area contributed by atoms with Crippen molar-refractivity contribution in [1.82, 2.24) is 34.2 Å². The lowest BCUT2D eigenvalue weighted by molar-refractivity contribution is -0.129. The van der Waals surface area contributed by atoms with E-state index in [1.54, 1.807) is 18.5 Å². The number of hydrogen-bond acceptors (Lipinski definition) is 6. The SMILES string of the molecule is C=C(F)C(=O)N1CCC(n2c(=O)c(=O)n(-c3c(C)ccnc3C(C)C)c3nc(-c4c(C)ccc5[nH]ncc45)c(F)cc32)CC1. The zero-order chi connectivity index (χ0) is 31.4. The van der Waals surface area contributed by atoms with Crippen LogP contribution < -0.4 is 11.1 Å². The van der Waals surface area contributed by atoms with E-state index < -0.39 is 34.7 Å². The molecule has 44 heavy (non-hydrogen) atoms. The van der Waals surface area contributed by atoms with Crippen molar-refractivity contribution in [2.75, 3.05) is 13.1 Å². The summed E-state index contributed by atoms with van der Waals surface area (Å²) in [6, 6.07) is 6.11. The number of pyridine rings is 2. The number of carbonyl (C=O) groups excluding carboxylic acids is 1. The van der Waals surface area contributed by atoms with Crippen LogP contribution in [0.15, 0.2) is 58.7 Å². The summed E-state index contributed by atoms with van der Waals surface area (Å²) in [5, 5.41) is 7.67. The van der Waals surface area contributed by atoms with Crippen LogP contribution >= 0.6 is 0 Å². The number of H-pyrrole nitrogens is 1. The van der Waals surface area contributed by atoms with Crippen LogP contribution in [0.2, 0.25) is 0 Å².